The number of aryl methyl sites for hydroxylation is 2. The number of hydrogen-bond acceptors (Lipinski definition) is 3. The first kappa shape index (κ1) is 11.4. The van der Waals surface area contributed by atoms with Crippen LogP contribution < -0.4 is 4.74 Å². The maximum Gasteiger partial charge on any atom is 0.260 e. The quantitative estimate of drug-likeness (QED) is 0.778. The van der Waals surface area contributed by atoms with Crippen molar-refractivity contribution in [1.29, 1.82) is 0 Å². The number of rotatable bonds is 2. The first-order chi connectivity index (χ1) is 8.72. The van der Waals surface area contributed by atoms with E-state index in [1.807, 2.05) is 18.2 Å². The summed E-state index contributed by atoms with van der Waals surface area (Å²) < 4.78 is 18.8. The molecule has 0 atom stereocenters. The van der Waals surface area contributed by atoms with Crippen LogP contribution in [-0.4, -0.2) is 9.97 Å². The molecule has 3 rings (SSSR count). The van der Waals surface area contributed by atoms with Gasteiger partial charge in [0.25, 0.3) is 5.88 Å². The van der Waals surface area contributed by atoms with Gasteiger partial charge in [-0.1, -0.05) is 6.07 Å². The molecule has 0 unspecified atom stereocenters. The Balaban J connectivity index is 1.90. The summed E-state index contributed by atoms with van der Waals surface area (Å²) in [5.74, 6) is -0.197. The number of benzene rings is 1. The predicted molar refractivity (Wildman–Crippen MR) is 65.5 cm³/mol. The van der Waals surface area contributed by atoms with Crippen LogP contribution >= 0.6 is 11.6 Å². The zero-order valence-electron chi connectivity index (χ0n) is 9.49. The summed E-state index contributed by atoms with van der Waals surface area (Å²) in [7, 11) is 0. The highest BCUT2D eigenvalue weighted by molar-refractivity contribution is 6.28. The first-order valence-electron chi connectivity index (χ1n) is 5.70. The molecule has 1 aliphatic rings. The minimum atomic E-state index is -0.625. The van der Waals surface area contributed by atoms with Crippen LogP contribution in [0.2, 0.25) is 5.28 Å². The second-order valence-electron chi connectivity index (χ2n) is 4.18. The van der Waals surface area contributed by atoms with Crippen LogP contribution in [0.25, 0.3) is 0 Å². The van der Waals surface area contributed by atoms with Crippen LogP contribution in [0.3, 0.4) is 0 Å². The van der Waals surface area contributed by atoms with Gasteiger partial charge in [-0.3, -0.25) is 0 Å². The normalized spacial score (nSPS) is 13.4. The van der Waals surface area contributed by atoms with E-state index in [1.165, 1.54) is 11.1 Å². The van der Waals surface area contributed by atoms with Crippen molar-refractivity contribution in [3.05, 3.63) is 46.6 Å². The highest BCUT2D eigenvalue weighted by atomic mass is 35.5. The largest absolute Gasteiger partial charge is 0.436 e. The molecule has 3 nitrogen and oxygen atoms in total. The predicted octanol–water partition coefficient (Wildman–Crippen LogP) is 3.55. The lowest BCUT2D eigenvalue weighted by Gasteiger charge is -2.07. The molecular weight excluding hydrogens is 255 g/mol. The van der Waals surface area contributed by atoms with Gasteiger partial charge in [0.2, 0.25) is 11.1 Å². The molecule has 1 aromatic carbocycles. The first-order valence-corrected chi connectivity index (χ1v) is 6.08. The Bertz CT molecular complexity index is 604. The van der Waals surface area contributed by atoms with Gasteiger partial charge in [-0.15, -0.1) is 0 Å². The van der Waals surface area contributed by atoms with Crippen molar-refractivity contribution >= 4 is 11.6 Å². The van der Waals surface area contributed by atoms with Crippen molar-refractivity contribution in [1.82, 2.24) is 9.97 Å². The Morgan fingerprint density at radius 3 is 2.94 bits per heavy atom. The maximum absolute atomic E-state index is 13.4. The third-order valence-electron chi connectivity index (χ3n) is 2.97. The van der Waals surface area contributed by atoms with Gasteiger partial charge in [0.1, 0.15) is 5.75 Å². The lowest BCUT2D eigenvalue weighted by Crippen LogP contribution is -1.95. The number of hydrogen-bond donors (Lipinski definition) is 0. The van der Waals surface area contributed by atoms with E-state index in [2.05, 4.69) is 9.97 Å². The molecule has 0 radical (unpaired) electrons. The molecule has 0 N–H and O–H groups in total. The Morgan fingerprint density at radius 2 is 2.06 bits per heavy atom. The van der Waals surface area contributed by atoms with Gasteiger partial charge in [0, 0.05) is 0 Å². The molecule has 0 saturated carbocycles. The number of ether oxygens (including phenoxy) is 1. The SMILES string of the molecule is Fc1cnc(Cl)nc1Oc1ccc2c(c1)CCC2. The molecule has 0 spiro atoms. The second kappa shape index (κ2) is 4.53. The second-order valence-corrected chi connectivity index (χ2v) is 4.52. The molecule has 0 bridgehead atoms. The Hall–Kier alpha value is -1.68. The van der Waals surface area contributed by atoms with Crippen LogP contribution in [-0.2, 0) is 12.8 Å². The van der Waals surface area contributed by atoms with Gasteiger partial charge in [0.15, 0.2) is 0 Å². The van der Waals surface area contributed by atoms with Crippen molar-refractivity contribution in [3.63, 3.8) is 0 Å². The van der Waals surface area contributed by atoms with E-state index in [1.54, 1.807) is 0 Å². The van der Waals surface area contributed by atoms with E-state index in [0.29, 0.717) is 5.75 Å². The third-order valence-corrected chi connectivity index (χ3v) is 3.15. The Labute approximate surface area is 109 Å². The molecule has 0 amide bonds. The fourth-order valence-electron chi connectivity index (χ4n) is 2.13. The zero-order chi connectivity index (χ0) is 12.5. The summed E-state index contributed by atoms with van der Waals surface area (Å²) in [4.78, 5) is 7.26. The average Bonchev–Trinajstić information content (AvgIpc) is 2.81. The molecule has 0 aliphatic heterocycles. The zero-order valence-corrected chi connectivity index (χ0v) is 10.2. The molecule has 0 saturated heterocycles. The van der Waals surface area contributed by atoms with Crippen molar-refractivity contribution < 1.29 is 9.13 Å². The summed E-state index contributed by atoms with van der Waals surface area (Å²) in [5.41, 5.74) is 2.59. The number of fused-ring (bicyclic) bond motifs is 1. The summed E-state index contributed by atoms with van der Waals surface area (Å²) in [6.45, 7) is 0. The summed E-state index contributed by atoms with van der Waals surface area (Å²) >= 11 is 5.61. The van der Waals surface area contributed by atoms with Crippen LogP contribution in [0.1, 0.15) is 17.5 Å². The summed E-state index contributed by atoms with van der Waals surface area (Å²) in [5, 5.41) is -0.0347. The topological polar surface area (TPSA) is 35.0 Å². The van der Waals surface area contributed by atoms with Gasteiger partial charge < -0.3 is 4.74 Å². The monoisotopic (exact) mass is 264 g/mol. The molecule has 18 heavy (non-hydrogen) atoms. The number of aromatic nitrogens is 2. The van der Waals surface area contributed by atoms with E-state index in [-0.39, 0.29) is 11.2 Å². The van der Waals surface area contributed by atoms with Crippen molar-refractivity contribution in [2.24, 2.45) is 0 Å². The van der Waals surface area contributed by atoms with Gasteiger partial charge in [0.05, 0.1) is 6.20 Å². The van der Waals surface area contributed by atoms with Crippen LogP contribution in [0.15, 0.2) is 24.4 Å². The fraction of sp³-hybridized carbons (Fsp3) is 0.231. The molecule has 2 aromatic rings. The van der Waals surface area contributed by atoms with Crippen LogP contribution in [0, 0.1) is 5.82 Å². The van der Waals surface area contributed by atoms with Gasteiger partial charge >= 0.3 is 0 Å². The standard InChI is InChI=1S/C13H10ClFN2O/c14-13-16-7-11(15)12(17-13)18-10-5-4-8-2-1-3-9(8)6-10/h4-7H,1-3H2. The molecule has 5 heteroatoms. The van der Waals surface area contributed by atoms with E-state index >= 15 is 0 Å². The average molecular weight is 265 g/mol. The maximum atomic E-state index is 13.4. The fourth-order valence-corrected chi connectivity index (χ4v) is 2.25. The molecule has 92 valence electrons. The minimum Gasteiger partial charge on any atom is -0.436 e. The van der Waals surface area contributed by atoms with Gasteiger partial charge in [-0.25, -0.2) is 4.98 Å². The Morgan fingerprint density at radius 1 is 1.22 bits per heavy atom. The number of nitrogens with zero attached hydrogens (tertiary/aromatic N) is 2. The van der Waals surface area contributed by atoms with E-state index in [0.717, 1.165) is 25.5 Å². The van der Waals surface area contributed by atoms with Gasteiger partial charge in [-0.2, -0.15) is 9.37 Å². The molecule has 0 fully saturated rings. The summed E-state index contributed by atoms with van der Waals surface area (Å²) in [6.07, 6.45) is 4.30. The van der Waals surface area contributed by atoms with Crippen LogP contribution in [0.5, 0.6) is 11.6 Å². The smallest absolute Gasteiger partial charge is 0.260 e. The lowest BCUT2D eigenvalue weighted by molar-refractivity contribution is 0.419. The van der Waals surface area contributed by atoms with Gasteiger partial charge in [-0.05, 0) is 54.1 Å². The number of halogens is 2. The van der Waals surface area contributed by atoms with Crippen molar-refractivity contribution in [3.8, 4) is 11.6 Å². The van der Waals surface area contributed by atoms with E-state index in [4.69, 9.17) is 16.3 Å². The molecule has 1 aliphatic carbocycles. The molecule has 1 heterocycles. The van der Waals surface area contributed by atoms with Crippen molar-refractivity contribution in [2.45, 2.75) is 19.3 Å². The highest BCUT2D eigenvalue weighted by Gasteiger charge is 2.13. The Kier molecular flexibility index (Phi) is 2.88. The van der Waals surface area contributed by atoms with Crippen LogP contribution in [0.4, 0.5) is 4.39 Å². The molecule has 1 aromatic heterocycles. The van der Waals surface area contributed by atoms with E-state index < -0.39 is 5.82 Å². The minimum absolute atomic E-state index is 0.0347. The third kappa shape index (κ3) is 2.16. The molecular formula is C13H10ClFN2O. The summed E-state index contributed by atoms with van der Waals surface area (Å²) in [6, 6.07) is 5.76. The van der Waals surface area contributed by atoms with Crippen molar-refractivity contribution in [2.75, 3.05) is 0 Å². The highest BCUT2D eigenvalue weighted by Crippen LogP contribution is 2.29. The van der Waals surface area contributed by atoms with E-state index in [9.17, 15) is 4.39 Å². The lowest BCUT2D eigenvalue weighted by atomic mass is 10.1.